The van der Waals surface area contributed by atoms with Gasteiger partial charge in [-0.25, -0.2) is 14.4 Å². The van der Waals surface area contributed by atoms with Gasteiger partial charge in [0.05, 0.1) is 17.7 Å². The molecule has 3 aliphatic carbocycles. The van der Waals surface area contributed by atoms with Gasteiger partial charge in [0.25, 0.3) is 11.8 Å². The van der Waals surface area contributed by atoms with E-state index in [-0.39, 0.29) is 29.7 Å². The minimum absolute atomic E-state index is 0.0145. The largest absolute Gasteiger partial charge is 0.492 e. The van der Waals surface area contributed by atoms with Crippen LogP contribution in [0.3, 0.4) is 0 Å². The van der Waals surface area contributed by atoms with Crippen LogP contribution < -0.4 is 15.4 Å². The molecule has 1 aromatic carbocycles. The molecule has 3 aliphatic rings. The van der Waals surface area contributed by atoms with Gasteiger partial charge in [0, 0.05) is 29.9 Å². The fourth-order valence-electron chi connectivity index (χ4n) is 4.93. The maximum absolute atomic E-state index is 14.0. The number of nitrogens with one attached hydrogen (secondary N) is 3. The molecule has 0 spiro atoms. The third kappa shape index (κ3) is 5.02. The van der Waals surface area contributed by atoms with E-state index in [9.17, 15) is 19.1 Å². The zero-order valence-electron chi connectivity index (χ0n) is 20.4. The first-order valence-corrected chi connectivity index (χ1v) is 13.0. The van der Waals surface area contributed by atoms with E-state index in [1.165, 1.54) is 18.5 Å². The molecule has 37 heavy (non-hydrogen) atoms. The van der Waals surface area contributed by atoms with E-state index in [4.69, 9.17) is 4.74 Å². The van der Waals surface area contributed by atoms with Crippen molar-refractivity contribution in [3.05, 3.63) is 42.1 Å². The summed E-state index contributed by atoms with van der Waals surface area (Å²) in [6.07, 6.45) is 9.25. The number of amides is 2. The lowest BCUT2D eigenvalue weighted by atomic mass is 9.90. The van der Waals surface area contributed by atoms with Crippen LogP contribution in [0.5, 0.6) is 5.75 Å². The van der Waals surface area contributed by atoms with Gasteiger partial charge in [-0.3, -0.25) is 9.59 Å². The lowest BCUT2D eigenvalue weighted by Crippen LogP contribution is -2.47. The third-order valence-corrected chi connectivity index (χ3v) is 7.62. The summed E-state index contributed by atoms with van der Waals surface area (Å²) in [6.45, 7) is 0.538. The number of rotatable bonds is 8. The normalized spacial score (nSPS) is 22.4. The number of hydrogen-bond acceptors (Lipinski definition) is 6. The Labute approximate surface area is 213 Å². The van der Waals surface area contributed by atoms with Crippen molar-refractivity contribution < 1.29 is 23.8 Å². The lowest BCUT2D eigenvalue weighted by molar-refractivity contribution is -0.132. The average Bonchev–Trinajstić information content (AvgIpc) is 3.82. The SMILES string of the molecule is O=C(NC1CCC(NC(=O)C2(O)CC2)CC1)c1c[nH]c2c(-c3ccc(F)cc3OCC3CC3)ncnc12. The highest BCUT2D eigenvalue weighted by molar-refractivity contribution is 6.07. The molecule has 0 atom stereocenters. The fourth-order valence-corrected chi connectivity index (χ4v) is 4.93. The van der Waals surface area contributed by atoms with Crippen LogP contribution >= 0.6 is 0 Å². The second-order valence-corrected chi connectivity index (χ2v) is 10.6. The lowest BCUT2D eigenvalue weighted by Gasteiger charge is -2.30. The number of carbonyl (C=O) groups is 2. The van der Waals surface area contributed by atoms with Crippen LogP contribution in [0.1, 0.15) is 61.7 Å². The Hall–Kier alpha value is -3.53. The highest BCUT2D eigenvalue weighted by atomic mass is 19.1. The van der Waals surface area contributed by atoms with Crippen molar-refractivity contribution >= 4 is 22.8 Å². The molecule has 0 unspecified atom stereocenters. The first kappa shape index (κ1) is 23.8. The molecule has 2 aromatic heterocycles. The standard InChI is InChI=1S/C27H30FN5O4/c28-16-3-8-19(21(11-16)37-13-15-1-2-15)22-24-23(31-14-30-22)20(12-29-24)25(34)32-17-4-6-18(7-5-17)33-26(35)27(36)9-10-27/h3,8,11-12,14-15,17-18,29,36H,1-2,4-7,9-10,13H2,(H,32,34)(H,33,35). The maximum atomic E-state index is 14.0. The van der Waals surface area contributed by atoms with Crippen LogP contribution in [0.25, 0.3) is 22.3 Å². The third-order valence-electron chi connectivity index (χ3n) is 7.62. The van der Waals surface area contributed by atoms with Gasteiger partial charge in [-0.2, -0.15) is 0 Å². The summed E-state index contributed by atoms with van der Waals surface area (Å²) in [4.78, 5) is 37.2. The number of benzene rings is 1. The van der Waals surface area contributed by atoms with Gasteiger partial charge in [0.1, 0.15) is 34.7 Å². The van der Waals surface area contributed by atoms with Gasteiger partial charge >= 0.3 is 0 Å². The van der Waals surface area contributed by atoms with Crippen molar-refractivity contribution in [2.24, 2.45) is 5.92 Å². The molecule has 194 valence electrons. The van der Waals surface area contributed by atoms with Crippen LogP contribution in [-0.2, 0) is 4.79 Å². The summed E-state index contributed by atoms with van der Waals surface area (Å²) in [5.41, 5.74) is 1.49. The number of nitrogens with zero attached hydrogens (tertiary/aromatic N) is 2. The Morgan fingerprint density at radius 3 is 2.51 bits per heavy atom. The summed E-state index contributed by atoms with van der Waals surface area (Å²) >= 11 is 0. The summed E-state index contributed by atoms with van der Waals surface area (Å²) in [7, 11) is 0. The number of carbonyl (C=O) groups excluding carboxylic acids is 2. The van der Waals surface area contributed by atoms with Crippen molar-refractivity contribution in [2.75, 3.05) is 6.61 Å². The minimum Gasteiger partial charge on any atom is -0.492 e. The van der Waals surface area contributed by atoms with Crippen LogP contribution in [0.2, 0.25) is 0 Å². The quantitative estimate of drug-likeness (QED) is 0.371. The molecule has 0 aliphatic heterocycles. The van der Waals surface area contributed by atoms with E-state index in [1.807, 2.05) is 0 Å². The molecule has 0 radical (unpaired) electrons. The molecule has 4 N–H and O–H groups in total. The monoisotopic (exact) mass is 507 g/mol. The van der Waals surface area contributed by atoms with Crippen molar-refractivity contribution in [1.29, 1.82) is 0 Å². The first-order chi connectivity index (χ1) is 17.9. The molecule has 2 heterocycles. The Bertz CT molecular complexity index is 1340. The van der Waals surface area contributed by atoms with Crippen molar-refractivity contribution in [1.82, 2.24) is 25.6 Å². The number of H-pyrrole nitrogens is 1. The van der Waals surface area contributed by atoms with Gasteiger partial charge in [0.15, 0.2) is 0 Å². The number of fused-ring (bicyclic) bond motifs is 1. The summed E-state index contributed by atoms with van der Waals surface area (Å²) in [5, 5.41) is 16.0. The van der Waals surface area contributed by atoms with E-state index in [0.29, 0.717) is 59.0 Å². The Balaban J connectivity index is 1.15. The van der Waals surface area contributed by atoms with Gasteiger partial charge in [-0.15, -0.1) is 0 Å². The molecule has 3 aromatic rings. The molecule has 9 nitrogen and oxygen atoms in total. The van der Waals surface area contributed by atoms with Crippen LogP contribution in [-0.4, -0.2) is 56.2 Å². The van der Waals surface area contributed by atoms with E-state index >= 15 is 0 Å². The molecule has 0 bridgehead atoms. The highest BCUT2D eigenvalue weighted by Gasteiger charge is 2.48. The van der Waals surface area contributed by atoms with Crippen LogP contribution in [0.15, 0.2) is 30.7 Å². The second-order valence-electron chi connectivity index (χ2n) is 10.6. The minimum atomic E-state index is -1.17. The van der Waals surface area contributed by atoms with E-state index in [1.54, 1.807) is 12.3 Å². The number of aliphatic hydroxyl groups is 1. The topological polar surface area (TPSA) is 129 Å². The zero-order valence-corrected chi connectivity index (χ0v) is 20.4. The van der Waals surface area contributed by atoms with Crippen LogP contribution in [0.4, 0.5) is 4.39 Å². The number of hydrogen-bond donors (Lipinski definition) is 4. The summed E-state index contributed by atoms with van der Waals surface area (Å²) < 4.78 is 19.9. The van der Waals surface area contributed by atoms with Gasteiger partial charge < -0.3 is 25.5 Å². The van der Waals surface area contributed by atoms with Gasteiger partial charge in [-0.05, 0) is 69.4 Å². The van der Waals surface area contributed by atoms with Crippen molar-refractivity contribution in [3.8, 4) is 17.0 Å². The Morgan fingerprint density at radius 1 is 1.08 bits per heavy atom. The Morgan fingerprint density at radius 2 is 1.81 bits per heavy atom. The van der Waals surface area contributed by atoms with E-state index in [0.717, 1.165) is 38.5 Å². The number of aromatic nitrogens is 3. The molecule has 3 fully saturated rings. The predicted octanol–water partition coefficient (Wildman–Crippen LogP) is 3.23. The Kier molecular flexibility index (Phi) is 6.06. The number of aromatic amines is 1. The van der Waals surface area contributed by atoms with E-state index < -0.39 is 5.60 Å². The maximum Gasteiger partial charge on any atom is 0.255 e. The number of ether oxygens (including phenoxy) is 1. The van der Waals surface area contributed by atoms with Crippen molar-refractivity contribution in [2.45, 2.75) is 69.1 Å². The highest BCUT2D eigenvalue weighted by Crippen LogP contribution is 2.37. The van der Waals surface area contributed by atoms with Gasteiger partial charge in [-0.1, -0.05) is 0 Å². The van der Waals surface area contributed by atoms with Crippen molar-refractivity contribution in [3.63, 3.8) is 0 Å². The smallest absolute Gasteiger partial charge is 0.255 e. The average molecular weight is 508 g/mol. The molecular formula is C27H30FN5O4. The zero-order chi connectivity index (χ0) is 25.6. The van der Waals surface area contributed by atoms with E-state index in [2.05, 4.69) is 25.6 Å². The first-order valence-electron chi connectivity index (χ1n) is 13.0. The molecular weight excluding hydrogens is 477 g/mol. The van der Waals surface area contributed by atoms with Gasteiger partial charge in [0.2, 0.25) is 0 Å². The molecule has 10 heteroatoms. The fraction of sp³-hybridized carbons (Fsp3) is 0.481. The summed E-state index contributed by atoms with van der Waals surface area (Å²) in [6, 6.07) is 4.37. The summed E-state index contributed by atoms with van der Waals surface area (Å²) in [5.74, 6) is 0.0314. The predicted molar refractivity (Wildman–Crippen MR) is 133 cm³/mol. The molecule has 3 saturated carbocycles. The molecule has 2 amide bonds. The number of halogens is 1. The van der Waals surface area contributed by atoms with Crippen LogP contribution in [0, 0.1) is 11.7 Å². The second kappa shape index (κ2) is 9.41. The molecule has 0 saturated heterocycles. The molecule has 6 rings (SSSR count).